The number of rotatable bonds is 6. The van der Waals surface area contributed by atoms with E-state index < -0.39 is 0 Å². The van der Waals surface area contributed by atoms with E-state index in [-0.39, 0.29) is 24.4 Å². The van der Waals surface area contributed by atoms with E-state index in [1.807, 2.05) is 13.8 Å². The van der Waals surface area contributed by atoms with Gasteiger partial charge in [-0.2, -0.15) is 0 Å². The van der Waals surface area contributed by atoms with E-state index in [0.717, 1.165) is 6.42 Å². The summed E-state index contributed by atoms with van der Waals surface area (Å²) >= 11 is 1.36. The second-order valence-corrected chi connectivity index (χ2v) is 5.59. The minimum atomic E-state index is -0.305. The number of nitrogens with zero attached hydrogens (tertiary/aromatic N) is 1. The average Bonchev–Trinajstić information content (AvgIpc) is 2.95. The fourth-order valence-corrected chi connectivity index (χ4v) is 2.24. The number of hydrogen-bond donors (Lipinski definition) is 1. The molecule has 1 aromatic heterocycles. The van der Waals surface area contributed by atoms with E-state index in [0.29, 0.717) is 16.5 Å². The molecule has 1 aromatic carbocycles. The molecule has 0 fully saturated rings. The molecule has 4 nitrogen and oxygen atoms in total. The number of benzene rings is 1. The van der Waals surface area contributed by atoms with Crippen LogP contribution < -0.4 is 10.1 Å². The molecule has 1 atom stereocenters. The minimum absolute atomic E-state index is 0.123. The lowest BCUT2D eigenvalue weighted by atomic mass is 10.2. The van der Waals surface area contributed by atoms with Crippen LogP contribution in [0, 0.1) is 5.82 Å². The lowest BCUT2D eigenvalue weighted by Gasteiger charge is -2.09. The Morgan fingerprint density at radius 3 is 2.81 bits per heavy atom. The largest absolute Gasteiger partial charge is 0.486 e. The molecule has 6 heteroatoms. The molecule has 0 aliphatic heterocycles. The van der Waals surface area contributed by atoms with Gasteiger partial charge in [-0.15, -0.1) is 11.3 Å². The number of hydrogen-bond acceptors (Lipinski definition) is 4. The van der Waals surface area contributed by atoms with Gasteiger partial charge in [0.25, 0.3) is 5.91 Å². The molecule has 0 spiro atoms. The van der Waals surface area contributed by atoms with Crippen molar-refractivity contribution in [3.05, 3.63) is 46.2 Å². The van der Waals surface area contributed by atoms with Crippen LogP contribution in [0.25, 0.3) is 0 Å². The first-order chi connectivity index (χ1) is 10.1. The fraction of sp³-hybridized carbons (Fsp3) is 0.333. The number of carbonyl (C=O) groups is 1. The predicted octanol–water partition coefficient (Wildman–Crippen LogP) is 3.39. The Labute approximate surface area is 127 Å². The molecule has 0 aliphatic rings. The Kier molecular flexibility index (Phi) is 5.27. The maximum absolute atomic E-state index is 12.8. The van der Waals surface area contributed by atoms with E-state index in [4.69, 9.17) is 4.74 Å². The third kappa shape index (κ3) is 4.53. The zero-order valence-corrected chi connectivity index (χ0v) is 12.7. The molecule has 0 unspecified atom stereocenters. The van der Waals surface area contributed by atoms with Crippen molar-refractivity contribution in [2.24, 2.45) is 0 Å². The number of thiazole rings is 1. The summed E-state index contributed by atoms with van der Waals surface area (Å²) in [6, 6.07) is 5.90. The first-order valence-corrected chi connectivity index (χ1v) is 7.60. The third-order valence-electron chi connectivity index (χ3n) is 2.95. The van der Waals surface area contributed by atoms with Gasteiger partial charge in [-0.25, -0.2) is 9.37 Å². The second kappa shape index (κ2) is 7.17. The van der Waals surface area contributed by atoms with Crippen molar-refractivity contribution in [3.63, 3.8) is 0 Å². The highest BCUT2D eigenvalue weighted by atomic mass is 32.1. The summed E-state index contributed by atoms with van der Waals surface area (Å²) in [6.45, 7) is 4.21. The van der Waals surface area contributed by atoms with Gasteiger partial charge in [-0.1, -0.05) is 6.92 Å². The maximum Gasteiger partial charge on any atom is 0.270 e. The van der Waals surface area contributed by atoms with Crippen LogP contribution in [-0.2, 0) is 6.61 Å². The van der Waals surface area contributed by atoms with Crippen molar-refractivity contribution >= 4 is 17.2 Å². The number of halogens is 1. The van der Waals surface area contributed by atoms with E-state index in [1.54, 1.807) is 17.5 Å². The van der Waals surface area contributed by atoms with Crippen LogP contribution in [0.3, 0.4) is 0 Å². The van der Waals surface area contributed by atoms with Crippen molar-refractivity contribution in [2.45, 2.75) is 32.9 Å². The molecule has 0 saturated heterocycles. The third-order valence-corrected chi connectivity index (χ3v) is 3.77. The number of aromatic nitrogens is 1. The van der Waals surface area contributed by atoms with Gasteiger partial charge in [-0.05, 0) is 37.6 Å². The van der Waals surface area contributed by atoms with Crippen molar-refractivity contribution in [1.29, 1.82) is 0 Å². The minimum Gasteiger partial charge on any atom is -0.486 e. The molecule has 1 amide bonds. The molecule has 0 bridgehead atoms. The summed E-state index contributed by atoms with van der Waals surface area (Å²) in [5, 5.41) is 5.27. The van der Waals surface area contributed by atoms with Crippen LogP contribution in [0.5, 0.6) is 5.75 Å². The maximum atomic E-state index is 12.8. The van der Waals surface area contributed by atoms with Gasteiger partial charge in [-0.3, -0.25) is 4.79 Å². The number of carbonyl (C=O) groups excluding carboxylic acids is 1. The summed E-state index contributed by atoms with van der Waals surface area (Å²) in [5.74, 6) is 0.0893. The molecular weight excluding hydrogens is 291 g/mol. The van der Waals surface area contributed by atoms with Gasteiger partial charge in [0.05, 0.1) is 0 Å². The molecule has 2 rings (SSSR count). The summed E-state index contributed by atoms with van der Waals surface area (Å²) < 4.78 is 18.3. The first-order valence-electron chi connectivity index (χ1n) is 6.72. The topological polar surface area (TPSA) is 51.2 Å². The Morgan fingerprint density at radius 1 is 1.43 bits per heavy atom. The Balaban J connectivity index is 1.91. The van der Waals surface area contributed by atoms with Gasteiger partial charge in [0, 0.05) is 11.4 Å². The number of ether oxygens (including phenoxy) is 1. The zero-order chi connectivity index (χ0) is 15.2. The van der Waals surface area contributed by atoms with E-state index in [9.17, 15) is 9.18 Å². The van der Waals surface area contributed by atoms with Gasteiger partial charge in [0.1, 0.15) is 28.9 Å². The average molecular weight is 308 g/mol. The normalized spacial score (nSPS) is 12.0. The smallest absolute Gasteiger partial charge is 0.270 e. The van der Waals surface area contributed by atoms with Crippen LogP contribution in [0.2, 0.25) is 0 Å². The Bertz CT molecular complexity index is 598. The fourth-order valence-electron chi connectivity index (χ4n) is 1.56. The van der Waals surface area contributed by atoms with Crippen LogP contribution in [0.15, 0.2) is 29.6 Å². The van der Waals surface area contributed by atoms with E-state index in [1.165, 1.54) is 23.5 Å². The predicted molar refractivity (Wildman–Crippen MR) is 80.1 cm³/mol. The van der Waals surface area contributed by atoms with E-state index >= 15 is 0 Å². The molecule has 0 saturated carbocycles. The summed E-state index contributed by atoms with van der Waals surface area (Å²) in [6.07, 6.45) is 0.871. The van der Waals surface area contributed by atoms with Crippen LogP contribution >= 0.6 is 11.3 Å². The first kappa shape index (κ1) is 15.4. The molecule has 112 valence electrons. The van der Waals surface area contributed by atoms with Gasteiger partial charge < -0.3 is 10.1 Å². The highest BCUT2D eigenvalue weighted by Gasteiger charge is 2.12. The highest BCUT2D eigenvalue weighted by molar-refractivity contribution is 7.09. The monoisotopic (exact) mass is 308 g/mol. The second-order valence-electron chi connectivity index (χ2n) is 4.65. The summed E-state index contributed by atoms with van der Waals surface area (Å²) in [7, 11) is 0. The lowest BCUT2D eigenvalue weighted by Crippen LogP contribution is -2.32. The quantitative estimate of drug-likeness (QED) is 0.890. The molecule has 0 aliphatic carbocycles. The zero-order valence-electron chi connectivity index (χ0n) is 11.9. The van der Waals surface area contributed by atoms with E-state index in [2.05, 4.69) is 10.3 Å². The van der Waals surface area contributed by atoms with Gasteiger partial charge in [0.2, 0.25) is 0 Å². The molecular formula is C15H17FN2O2S. The lowest BCUT2D eigenvalue weighted by molar-refractivity contribution is 0.0934. The number of amides is 1. The molecule has 21 heavy (non-hydrogen) atoms. The summed E-state index contributed by atoms with van der Waals surface area (Å²) in [4.78, 5) is 16.1. The molecule has 1 N–H and O–H groups in total. The molecule has 0 radical (unpaired) electrons. The van der Waals surface area contributed by atoms with Crippen LogP contribution in [0.1, 0.15) is 35.8 Å². The Morgan fingerprint density at radius 2 is 2.14 bits per heavy atom. The van der Waals surface area contributed by atoms with Gasteiger partial charge >= 0.3 is 0 Å². The van der Waals surface area contributed by atoms with Crippen molar-refractivity contribution in [1.82, 2.24) is 10.3 Å². The van der Waals surface area contributed by atoms with Crippen molar-refractivity contribution in [3.8, 4) is 5.75 Å². The Hall–Kier alpha value is -1.95. The highest BCUT2D eigenvalue weighted by Crippen LogP contribution is 2.16. The summed E-state index contributed by atoms with van der Waals surface area (Å²) in [5.41, 5.74) is 0.401. The van der Waals surface area contributed by atoms with Gasteiger partial charge in [0.15, 0.2) is 0 Å². The SMILES string of the molecule is CC[C@H](C)NC(=O)c1csc(COc2ccc(F)cc2)n1. The van der Waals surface area contributed by atoms with Crippen LogP contribution in [-0.4, -0.2) is 16.9 Å². The molecule has 1 heterocycles. The molecule has 2 aromatic rings. The van der Waals surface area contributed by atoms with Crippen molar-refractivity contribution in [2.75, 3.05) is 0 Å². The standard InChI is InChI=1S/C15H17FN2O2S/c1-3-10(2)17-15(19)13-9-21-14(18-13)8-20-12-6-4-11(16)5-7-12/h4-7,9-10H,3,8H2,1-2H3,(H,17,19)/t10-/m0/s1. The number of nitrogens with one attached hydrogen (secondary N) is 1. The van der Waals surface area contributed by atoms with Crippen LogP contribution in [0.4, 0.5) is 4.39 Å². The van der Waals surface area contributed by atoms with Crippen molar-refractivity contribution < 1.29 is 13.9 Å².